The largest absolute Gasteiger partial charge is 0.508 e. The Labute approximate surface area is 178 Å². The third-order valence-electron chi connectivity index (χ3n) is 5.64. The molecule has 5 rings (SSSR count). The molecular formula is C24H20ClN3O2. The Morgan fingerprint density at radius 1 is 1.07 bits per heavy atom. The Hall–Kier alpha value is -3.31. The van der Waals surface area contributed by atoms with Gasteiger partial charge in [0.2, 0.25) is 5.91 Å². The zero-order chi connectivity index (χ0) is 20.7. The minimum atomic E-state index is -0.0700. The smallest absolute Gasteiger partial charge is 0.246 e. The molecule has 30 heavy (non-hydrogen) atoms. The normalized spacial score (nSPS) is 15.5. The standard InChI is InChI=1S/C24H20ClN3O2/c25-12-15-14-28(22-11-16(29)9-10-17(15)22)23(30)13-26-24-18-5-1-3-7-20(18)27-21-8-4-2-6-19(21)24/h1-11,15,29H,12-14H2,(H,26,27). The molecule has 0 fully saturated rings. The van der Waals surface area contributed by atoms with E-state index < -0.39 is 0 Å². The summed E-state index contributed by atoms with van der Waals surface area (Å²) >= 11 is 6.13. The van der Waals surface area contributed by atoms with Crippen LogP contribution in [0.3, 0.4) is 0 Å². The van der Waals surface area contributed by atoms with Gasteiger partial charge in [0, 0.05) is 35.2 Å². The van der Waals surface area contributed by atoms with Crippen LogP contribution in [0, 0.1) is 0 Å². The molecule has 1 atom stereocenters. The maximum absolute atomic E-state index is 13.1. The second-order valence-electron chi connectivity index (χ2n) is 7.47. The van der Waals surface area contributed by atoms with Crippen molar-refractivity contribution in [2.24, 2.45) is 0 Å². The van der Waals surface area contributed by atoms with E-state index in [0.717, 1.165) is 38.7 Å². The summed E-state index contributed by atoms with van der Waals surface area (Å²) in [5.41, 5.74) is 4.39. The molecule has 1 aliphatic heterocycles. The van der Waals surface area contributed by atoms with E-state index >= 15 is 0 Å². The topological polar surface area (TPSA) is 65.5 Å². The first-order chi connectivity index (χ1) is 14.7. The zero-order valence-electron chi connectivity index (χ0n) is 16.2. The highest BCUT2D eigenvalue weighted by Gasteiger charge is 2.32. The number of phenolic OH excluding ortho intramolecular Hbond substituents is 1. The van der Waals surface area contributed by atoms with Crippen LogP contribution in [-0.2, 0) is 4.79 Å². The molecule has 0 spiro atoms. The van der Waals surface area contributed by atoms with Crippen molar-refractivity contribution in [2.75, 3.05) is 29.2 Å². The monoisotopic (exact) mass is 417 g/mol. The average molecular weight is 418 g/mol. The van der Waals surface area contributed by atoms with Gasteiger partial charge < -0.3 is 15.3 Å². The maximum Gasteiger partial charge on any atom is 0.246 e. The van der Waals surface area contributed by atoms with Gasteiger partial charge in [-0.3, -0.25) is 4.79 Å². The van der Waals surface area contributed by atoms with E-state index in [4.69, 9.17) is 16.6 Å². The van der Waals surface area contributed by atoms with E-state index in [2.05, 4.69) is 5.32 Å². The first-order valence-corrected chi connectivity index (χ1v) is 10.4. The lowest BCUT2D eigenvalue weighted by atomic mass is 10.0. The first kappa shape index (κ1) is 18.7. The van der Waals surface area contributed by atoms with Gasteiger partial charge in [0.05, 0.1) is 29.0 Å². The number of para-hydroxylation sites is 2. The van der Waals surface area contributed by atoms with Gasteiger partial charge in [-0.05, 0) is 23.8 Å². The number of anilines is 2. The molecule has 0 radical (unpaired) electrons. The number of aromatic hydroxyl groups is 1. The molecule has 0 aliphatic carbocycles. The number of phenols is 1. The molecule has 2 N–H and O–H groups in total. The summed E-state index contributed by atoms with van der Waals surface area (Å²) in [5.74, 6) is 0.559. The second kappa shape index (κ2) is 7.50. The molecule has 0 saturated heterocycles. The van der Waals surface area contributed by atoms with Crippen LogP contribution in [0.2, 0.25) is 0 Å². The lowest BCUT2D eigenvalue weighted by molar-refractivity contribution is -0.116. The van der Waals surface area contributed by atoms with Gasteiger partial charge in [0.1, 0.15) is 5.75 Å². The number of aromatic nitrogens is 1. The van der Waals surface area contributed by atoms with E-state index in [1.807, 2.05) is 54.6 Å². The van der Waals surface area contributed by atoms with Crippen LogP contribution < -0.4 is 10.2 Å². The van der Waals surface area contributed by atoms with Crippen molar-refractivity contribution in [2.45, 2.75) is 5.92 Å². The van der Waals surface area contributed by atoms with E-state index in [0.29, 0.717) is 12.4 Å². The lowest BCUT2D eigenvalue weighted by Crippen LogP contribution is -2.35. The number of benzene rings is 3. The van der Waals surface area contributed by atoms with Crippen molar-refractivity contribution in [3.63, 3.8) is 0 Å². The van der Waals surface area contributed by atoms with Crippen LogP contribution in [0.15, 0.2) is 66.7 Å². The van der Waals surface area contributed by atoms with Crippen molar-refractivity contribution in [1.82, 2.24) is 4.98 Å². The Morgan fingerprint density at radius 2 is 1.73 bits per heavy atom. The number of fused-ring (bicyclic) bond motifs is 3. The fourth-order valence-corrected chi connectivity index (χ4v) is 4.45. The minimum absolute atomic E-state index is 0.0637. The summed E-state index contributed by atoms with van der Waals surface area (Å²) in [4.78, 5) is 19.6. The number of nitrogens with zero attached hydrogens (tertiary/aromatic N) is 2. The molecule has 2 heterocycles. The van der Waals surface area contributed by atoms with Crippen molar-refractivity contribution in [3.8, 4) is 5.75 Å². The highest BCUT2D eigenvalue weighted by molar-refractivity contribution is 6.18. The molecule has 1 aromatic heterocycles. The number of hydrogen-bond donors (Lipinski definition) is 2. The summed E-state index contributed by atoms with van der Waals surface area (Å²) in [6, 6.07) is 20.9. The fraction of sp³-hybridized carbons (Fsp3) is 0.167. The molecule has 5 nitrogen and oxygen atoms in total. The number of rotatable bonds is 4. The third kappa shape index (κ3) is 3.12. The highest BCUT2D eigenvalue weighted by Crippen LogP contribution is 2.39. The summed E-state index contributed by atoms with van der Waals surface area (Å²) in [7, 11) is 0. The Bertz CT molecular complexity index is 1220. The Balaban J connectivity index is 1.48. The highest BCUT2D eigenvalue weighted by atomic mass is 35.5. The summed E-state index contributed by atoms with van der Waals surface area (Å²) in [6.45, 7) is 0.642. The van der Waals surface area contributed by atoms with Crippen LogP contribution in [0.4, 0.5) is 11.4 Å². The summed E-state index contributed by atoms with van der Waals surface area (Å²) in [6.07, 6.45) is 0. The number of amides is 1. The van der Waals surface area contributed by atoms with Crippen LogP contribution in [0.5, 0.6) is 5.75 Å². The third-order valence-corrected chi connectivity index (χ3v) is 6.01. The predicted octanol–water partition coefficient (Wildman–Crippen LogP) is 4.87. The van der Waals surface area contributed by atoms with Gasteiger partial charge in [-0.25, -0.2) is 4.98 Å². The van der Waals surface area contributed by atoms with Crippen LogP contribution in [0.1, 0.15) is 11.5 Å². The molecule has 1 amide bonds. The second-order valence-corrected chi connectivity index (χ2v) is 7.78. The molecule has 6 heteroatoms. The zero-order valence-corrected chi connectivity index (χ0v) is 16.9. The van der Waals surface area contributed by atoms with E-state index in [1.54, 1.807) is 17.0 Å². The minimum Gasteiger partial charge on any atom is -0.508 e. The first-order valence-electron chi connectivity index (χ1n) is 9.86. The summed E-state index contributed by atoms with van der Waals surface area (Å²) in [5, 5.41) is 15.2. The number of nitrogens with one attached hydrogen (secondary N) is 1. The van der Waals surface area contributed by atoms with Gasteiger partial charge >= 0.3 is 0 Å². The van der Waals surface area contributed by atoms with Gasteiger partial charge in [0.15, 0.2) is 0 Å². The number of pyridine rings is 1. The van der Waals surface area contributed by atoms with Crippen molar-refractivity contribution in [3.05, 3.63) is 72.3 Å². The number of carbonyl (C=O) groups is 1. The van der Waals surface area contributed by atoms with Crippen LogP contribution in [0.25, 0.3) is 21.8 Å². The van der Waals surface area contributed by atoms with E-state index in [1.165, 1.54) is 0 Å². The number of hydrogen-bond acceptors (Lipinski definition) is 4. The van der Waals surface area contributed by atoms with Crippen molar-refractivity contribution in [1.29, 1.82) is 0 Å². The molecule has 3 aromatic carbocycles. The van der Waals surface area contributed by atoms with Gasteiger partial charge in [-0.15, -0.1) is 11.6 Å². The van der Waals surface area contributed by atoms with E-state index in [9.17, 15) is 9.90 Å². The van der Waals surface area contributed by atoms with Gasteiger partial charge in [0.25, 0.3) is 0 Å². The fourth-order valence-electron chi connectivity index (χ4n) is 4.19. The van der Waals surface area contributed by atoms with Crippen molar-refractivity contribution >= 4 is 50.7 Å². The predicted molar refractivity (Wildman–Crippen MR) is 122 cm³/mol. The molecule has 4 aromatic rings. The maximum atomic E-state index is 13.1. The quantitative estimate of drug-likeness (QED) is 0.367. The lowest BCUT2D eigenvalue weighted by Gasteiger charge is -2.19. The Kier molecular flexibility index (Phi) is 4.68. The number of alkyl halides is 1. The molecule has 0 bridgehead atoms. The number of carbonyl (C=O) groups excluding carboxylic acids is 1. The molecular weight excluding hydrogens is 398 g/mol. The molecule has 1 aliphatic rings. The number of halogens is 1. The SMILES string of the molecule is O=C(CNc1c2ccccc2nc2ccccc12)N1CC(CCl)c2ccc(O)cc21. The van der Waals surface area contributed by atoms with Crippen molar-refractivity contribution < 1.29 is 9.90 Å². The molecule has 1 unspecified atom stereocenters. The average Bonchev–Trinajstić information content (AvgIpc) is 3.14. The van der Waals surface area contributed by atoms with Crippen LogP contribution >= 0.6 is 11.6 Å². The van der Waals surface area contributed by atoms with Crippen LogP contribution in [-0.4, -0.2) is 35.0 Å². The van der Waals surface area contributed by atoms with Gasteiger partial charge in [-0.1, -0.05) is 42.5 Å². The summed E-state index contributed by atoms with van der Waals surface area (Å²) < 4.78 is 0. The molecule has 0 saturated carbocycles. The van der Waals surface area contributed by atoms with Gasteiger partial charge in [-0.2, -0.15) is 0 Å². The molecule has 150 valence electrons. The van der Waals surface area contributed by atoms with E-state index in [-0.39, 0.29) is 24.1 Å². The Morgan fingerprint density at radius 3 is 2.40 bits per heavy atom.